The molecule has 1 atom stereocenters. The van der Waals surface area contributed by atoms with Crippen LogP contribution in [0.25, 0.3) is 5.65 Å². The molecule has 1 unspecified atom stereocenters. The third-order valence-electron chi connectivity index (χ3n) is 2.83. The summed E-state index contributed by atoms with van der Waals surface area (Å²) in [4.78, 5) is 4.66. The van der Waals surface area contributed by atoms with E-state index in [1.807, 2.05) is 0 Å². The summed E-state index contributed by atoms with van der Waals surface area (Å²) in [6, 6.07) is 4.20. The molecular weight excluding hydrogens is 252 g/mol. The van der Waals surface area contributed by atoms with Crippen LogP contribution in [-0.2, 0) is 0 Å². The molecule has 0 saturated carbocycles. The maximum Gasteiger partial charge on any atom is 0.138 e. The Morgan fingerprint density at radius 2 is 2.27 bits per heavy atom. The first-order chi connectivity index (χ1) is 7.13. The Balaban J connectivity index is 2.63. The van der Waals surface area contributed by atoms with Crippen molar-refractivity contribution in [2.75, 3.05) is 0 Å². The molecular formula is C12H15BrN2. The Bertz CT molecular complexity index is 488. The quantitative estimate of drug-likeness (QED) is 0.806. The van der Waals surface area contributed by atoms with Crippen LogP contribution in [0, 0.1) is 6.92 Å². The molecule has 0 bridgehead atoms. The predicted molar refractivity (Wildman–Crippen MR) is 66.3 cm³/mol. The van der Waals surface area contributed by atoms with E-state index in [0.29, 0.717) is 5.92 Å². The summed E-state index contributed by atoms with van der Waals surface area (Å²) < 4.78 is 3.18. The molecule has 2 rings (SSSR count). The lowest BCUT2D eigenvalue weighted by atomic mass is 10.1. The van der Waals surface area contributed by atoms with Crippen LogP contribution in [-0.4, -0.2) is 9.38 Å². The van der Waals surface area contributed by atoms with Gasteiger partial charge in [0.25, 0.3) is 0 Å². The molecule has 0 fully saturated rings. The molecule has 2 nitrogen and oxygen atoms in total. The smallest absolute Gasteiger partial charge is 0.138 e. The van der Waals surface area contributed by atoms with Crippen molar-refractivity contribution in [2.24, 2.45) is 0 Å². The Kier molecular flexibility index (Phi) is 2.83. The minimum absolute atomic E-state index is 0.500. The highest BCUT2D eigenvalue weighted by Gasteiger charge is 2.14. The minimum Gasteiger partial charge on any atom is -0.294 e. The van der Waals surface area contributed by atoms with Crippen LogP contribution in [0.4, 0.5) is 0 Å². The van der Waals surface area contributed by atoms with Crippen LogP contribution in [0.15, 0.2) is 22.9 Å². The van der Waals surface area contributed by atoms with Gasteiger partial charge in [0.15, 0.2) is 0 Å². The number of imidazole rings is 1. The Morgan fingerprint density at radius 1 is 1.53 bits per heavy atom. The number of pyridine rings is 1. The van der Waals surface area contributed by atoms with Gasteiger partial charge in [0, 0.05) is 12.1 Å². The lowest BCUT2D eigenvalue weighted by Crippen LogP contribution is -1.92. The van der Waals surface area contributed by atoms with Gasteiger partial charge in [-0.05, 0) is 47.0 Å². The monoisotopic (exact) mass is 266 g/mol. The van der Waals surface area contributed by atoms with E-state index >= 15 is 0 Å². The van der Waals surface area contributed by atoms with Crippen LogP contribution in [0.2, 0.25) is 0 Å². The Labute approximate surface area is 98.5 Å². The molecule has 0 aliphatic carbocycles. The normalized spacial score (nSPS) is 13.3. The summed E-state index contributed by atoms with van der Waals surface area (Å²) in [5.74, 6) is 0.500. The number of hydrogen-bond donors (Lipinski definition) is 0. The summed E-state index contributed by atoms with van der Waals surface area (Å²) in [6.45, 7) is 6.48. The van der Waals surface area contributed by atoms with Crippen molar-refractivity contribution < 1.29 is 0 Å². The number of hydrogen-bond acceptors (Lipinski definition) is 1. The van der Waals surface area contributed by atoms with Gasteiger partial charge < -0.3 is 0 Å². The highest BCUT2D eigenvalue weighted by Crippen LogP contribution is 2.27. The zero-order valence-electron chi connectivity index (χ0n) is 9.29. The lowest BCUT2D eigenvalue weighted by molar-refractivity contribution is 0.709. The summed E-state index contributed by atoms with van der Waals surface area (Å²) in [7, 11) is 0. The number of aromatic nitrogens is 2. The fourth-order valence-corrected chi connectivity index (χ4v) is 2.42. The van der Waals surface area contributed by atoms with E-state index in [2.05, 4.69) is 64.4 Å². The molecule has 0 N–H and O–H groups in total. The standard InChI is InChI=1S/C12H15BrN2/c1-4-9(3)11-12(13)15-6-5-8(2)7-10(15)14-11/h5-7,9H,4H2,1-3H3. The van der Waals surface area contributed by atoms with E-state index in [9.17, 15) is 0 Å². The van der Waals surface area contributed by atoms with E-state index in [1.54, 1.807) is 0 Å². The van der Waals surface area contributed by atoms with Gasteiger partial charge in [0.2, 0.25) is 0 Å². The van der Waals surface area contributed by atoms with Crippen LogP contribution in [0.5, 0.6) is 0 Å². The van der Waals surface area contributed by atoms with Gasteiger partial charge in [0.1, 0.15) is 10.3 Å². The molecule has 80 valence electrons. The van der Waals surface area contributed by atoms with Crippen LogP contribution >= 0.6 is 15.9 Å². The largest absolute Gasteiger partial charge is 0.294 e. The average Bonchev–Trinajstić information content (AvgIpc) is 2.54. The van der Waals surface area contributed by atoms with Crippen LogP contribution in [0.3, 0.4) is 0 Å². The molecule has 2 aromatic rings. The van der Waals surface area contributed by atoms with Crippen molar-refractivity contribution in [1.82, 2.24) is 9.38 Å². The lowest BCUT2D eigenvalue weighted by Gasteiger charge is -2.04. The molecule has 3 heteroatoms. The Hall–Kier alpha value is -0.830. The molecule has 2 aromatic heterocycles. The highest BCUT2D eigenvalue weighted by atomic mass is 79.9. The maximum atomic E-state index is 4.66. The molecule has 0 aliphatic rings. The molecule has 0 amide bonds. The van der Waals surface area contributed by atoms with Crippen molar-refractivity contribution in [3.05, 3.63) is 34.2 Å². The first kappa shape index (κ1) is 10.7. The second-order valence-corrected chi connectivity index (χ2v) is 4.78. The molecule has 15 heavy (non-hydrogen) atoms. The van der Waals surface area contributed by atoms with Gasteiger partial charge in [-0.15, -0.1) is 0 Å². The van der Waals surface area contributed by atoms with Gasteiger partial charge >= 0.3 is 0 Å². The number of fused-ring (bicyclic) bond motifs is 1. The highest BCUT2D eigenvalue weighted by molar-refractivity contribution is 9.10. The molecule has 0 radical (unpaired) electrons. The third kappa shape index (κ3) is 1.81. The SMILES string of the molecule is CCC(C)c1nc2cc(C)ccn2c1Br. The molecule has 2 heterocycles. The first-order valence-electron chi connectivity index (χ1n) is 5.27. The Morgan fingerprint density at radius 3 is 2.93 bits per heavy atom. The molecule has 0 aliphatic heterocycles. The molecule has 0 aromatic carbocycles. The van der Waals surface area contributed by atoms with Gasteiger partial charge in [-0.1, -0.05) is 13.8 Å². The second-order valence-electron chi connectivity index (χ2n) is 4.03. The number of aryl methyl sites for hydroxylation is 1. The summed E-state index contributed by atoms with van der Waals surface area (Å²) >= 11 is 3.62. The molecule has 0 saturated heterocycles. The second kappa shape index (κ2) is 3.97. The van der Waals surface area contributed by atoms with Gasteiger partial charge in [-0.3, -0.25) is 4.40 Å². The number of rotatable bonds is 2. The van der Waals surface area contributed by atoms with Crippen LogP contribution < -0.4 is 0 Å². The summed E-state index contributed by atoms with van der Waals surface area (Å²) in [5.41, 5.74) is 3.43. The summed E-state index contributed by atoms with van der Waals surface area (Å²) in [5, 5.41) is 0. The fraction of sp³-hybridized carbons (Fsp3) is 0.417. The van der Waals surface area contributed by atoms with Crippen molar-refractivity contribution in [3.8, 4) is 0 Å². The van der Waals surface area contributed by atoms with Crippen molar-refractivity contribution in [1.29, 1.82) is 0 Å². The maximum absolute atomic E-state index is 4.66. The van der Waals surface area contributed by atoms with Gasteiger partial charge in [0.05, 0.1) is 5.69 Å². The molecule has 0 spiro atoms. The van der Waals surface area contributed by atoms with Gasteiger partial charge in [-0.2, -0.15) is 0 Å². The van der Waals surface area contributed by atoms with Crippen molar-refractivity contribution >= 4 is 21.6 Å². The zero-order valence-corrected chi connectivity index (χ0v) is 10.9. The minimum atomic E-state index is 0.500. The van der Waals surface area contributed by atoms with E-state index < -0.39 is 0 Å². The van der Waals surface area contributed by atoms with E-state index in [0.717, 1.165) is 22.4 Å². The summed E-state index contributed by atoms with van der Waals surface area (Å²) in [6.07, 6.45) is 3.18. The van der Waals surface area contributed by atoms with Gasteiger partial charge in [-0.25, -0.2) is 4.98 Å². The zero-order chi connectivity index (χ0) is 11.0. The fourth-order valence-electron chi connectivity index (χ4n) is 1.64. The van der Waals surface area contributed by atoms with E-state index in [-0.39, 0.29) is 0 Å². The number of nitrogens with zero attached hydrogens (tertiary/aromatic N) is 2. The van der Waals surface area contributed by atoms with Crippen LogP contribution in [0.1, 0.15) is 37.4 Å². The predicted octanol–water partition coefficient (Wildman–Crippen LogP) is 3.92. The topological polar surface area (TPSA) is 17.3 Å². The van der Waals surface area contributed by atoms with E-state index in [4.69, 9.17) is 0 Å². The van der Waals surface area contributed by atoms with Crippen molar-refractivity contribution in [3.63, 3.8) is 0 Å². The first-order valence-corrected chi connectivity index (χ1v) is 6.07. The average molecular weight is 267 g/mol. The van der Waals surface area contributed by atoms with E-state index in [1.165, 1.54) is 5.56 Å². The van der Waals surface area contributed by atoms with Crippen molar-refractivity contribution in [2.45, 2.75) is 33.1 Å². The number of halogens is 1. The third-order valence-corrected chi connectivity index (χ3v) is 3.62.